The maximum Gasteiger partial charge on any atom is 0.262 e. The van der Waals surface area contributed by atoms with Crippen molar-refractivity contribution < 1.29 is 27.5 Å². The van der Waals surface area contributed by atoms with E-state index in [9.17, 15) is 13.2 Å². The second-order valence-corrected chi connectivity index (χ2v) is 15.7. The molecule has 0 bridgehead atoms. The van der Waals surface area contributed by atoms with Crippen LogP contribution in [0.5, 0.6) is 11.5 Å². The number of amides is 2. The average Bonchev–Trinajstić information content (AvgIpc) is 3.50. The summed E-state index contributed by atoms with van der Waals surface area (Å²) < 4.78 is 40.3. The van der Waals surface area contributed by atoms with Gasteiger partial charge in [-0.2, -0.15) is 0 Å². The molecule has 2 amide bonds. The van der Waals surface area contributed by atoms with Crippen LogP contribution in [-0.4, -0.2) is 114 Å². The Kier molecular flexibility index (Phi) is 13.3. The molecule has 278 valence electrons. The van der Waals surface area contributed by atoms with Crippen molar-refractivity contribution in [1.29, 1.82) is 0 Å². The van der Waals surface area contributed by atoms with Gasteiger partial charge >= 0.3 is 0 Å². The predicted octanol–water partition coefficient (Wildman–Crippen LogP) is 4.13. The van der Waals surface area contributed by atoms with Crippen molar-refractivity contribution in [2.24, 2.45) is 0 Å². The van der Waals surface area contributed by atoms with Gasteiger partial charge in [-0.05, 0) is 48.4 Å². The molecular formula is C35H45Cl3N6O6S. The third-order valence-electron chi connectivity index (χ3n) is 9.10. The third kappa shape index (κ3) is 8.42. The molecule has 0 spiro atoms. The topological polar surface area (TPSA) is 124 Å². The van der Waals surface area contributed by atoms with Gasteiger partial charge in [0.05, 0.1) is 32.3 Å². The lowest BCUT2D eigenvalue weighted by molar-refractivity contribution is -0.142. The summed E-state index contributed by atoms with van der Waals surface area (Å²) in [6, 6.07) is 16.7. The van der Waals surface area contributed by atoms with Crippen LogP contribution in [0.1, 0.15) is 35.7 Å². The number of carbonyl (C=O) groups excluding carboxylic acids is 2. The monoisotopic (exact) mass is 782 g/mol. The molecule has 51 heavy (non-hydrogen) atoms. The summed E-state index contributed by atoms with van der Waals surface area (Å²) in [5.74, 6) is 0.00319. The number of rotatable bonds is 11. The molecule has 5 rings (SSSR count). The van der Waals surface area contributed by atoms with Gasteiger partial charge < -0.3 is 19.3 Å². The molecule has 3 aromatic carbocycles. The molecule has 1 unspecified atom stereocenters. The van der Waals surface area contributed by atoms with E-state index in [0.717, 1.165) is 15.4 Å². The number of nitrogens with one attached hydrogen (secondary N) is 2. The van der Waals surface area contributed by atoms with E-state index in [-0.39, 0.29) is 59.3 Å². The summed E-state index contributed by atoms with van der Waals surface area (Å²) in [6.45, 7) is 3.92. The number of carbonyl (C=O) groups is 2. The van der Waals surface area contributed by atoms with Crippen molar-refractivity contribution in [3.8, 4) is 11.5 Å². The van der Waals surface area contributed by atoms with Crippen molar-refractivity contribution in [1.82, 2.24) is 29.6 Å². The van der Waals surface area contributed by atoms with Gasteiger partial charge in [0.2, 0.25) is 15.9 Å². The van der Waals surface area contributed by atoms with Crippen molar-refractivity contribution in [3.63, 3.8) is 0 Å². The SMILES string of the molecule is CCOc1cc(OC)c(S(=O)(=O)N(C)C)cc1C1(C(=O)N2CCN(CC(=O)N(C)C)CC2)N[C@H](c2ccc(Cl)cc2)[C@H](c2ccc(Cl)cc2)N1.Cl. The van der Waals surface area contributed by atoms with E-state index in [1.807, 2.05) is 36.1 Å². The first-order valence-electron chi connectivity index (χ1n) is 16.3. The van der Waals surface area contributed by atoms with Gasteiger partial charge in [-0.3, -0.25) is 25.1 Å². The first-order valence-corrected chi connectivity index (χ1v) is 18.5. The van der Waals surface area contributed by atoms with Crippen molar-refractivity contribution in [2.75, 3.05) is 74.6 Å². The van der Waals surface area contributed by atoms with Crippen LogP contribution in [0.25, 0.3) is 0 Å². The Hall–Kier alpha value is -3.14. The number of halogens is 3. The number of methoxy groups -OCH3 is 1. The lowest BCUT2D eigenvalue weighted by atomic mass is 9.95. The summed E-state index contributed by atoms with van der Waals surface area (Å²) in [7, 11) is 3.64. The summed E-state index contributed by atoms with van der Waals surface area (Å²) in [6.07, 6.45) is 0. The zero-order valence-corrected chi connectivity index (χ0v) is 32.6. The minimum absolute atomic E-state index is 0. The van der Waals surface area contributed by atoms with Gasteiger partial charge in [-0.1, -0.05) is 47.5 Å². The first kappa shape index (κ1) is 40.6. The van der Waals surface area contributed by atoms with Crippen LogP contribution in [0, 0.1) is 0 Å². The molecule has 0 saturated carbocycles. The molecule has 0 aliphatic carbocycles. The van der Waals surface area contributed by atoms with E-state index >= 15 is 4.79 Å². The Morgan fingerprint density at radius 2 is 1.37 bits per heavy atom. The van der Waals surface area contributed by atoms with Gasteiger partial charge in [0, 0.05) is 76.0 Å². The fraction of sp³-hybridized carbons (Fsp3) is 0.429. The van der Waals surface area contributed by atoms with Gasteiger partial charge in [0.25, 0.3) is 5.91 Å². The van der Waals surface area contributed by atoms with E-state index in [1.54, 1.807) is 48.2 Å². The summed E-state index contributed by atoms with van der Waals surface area (Å²) in [4.78, 5) is 32.9. The first-order chi connectivity index (χ1) is 23.7. The maximum atomic E-state index is 15.2. The number of benzene rings is 3. The lowest BCUT2D eigenvalue weighted by Gasteiger charge is -2.41. The number of hydrogen-bond donors (Lipinski definition) is 2. The molecule has 0 radical (unpaired) electrons. The number of ether oxygens (including phenoxy) is 2. The molecule has 2 N–H and O–H groups in total. The van der Waals surface area contributed by atoms with Crippen molar-refractivity contribution >= 4 is 57.4 Å². The van der Waals surface area contributed by atoms with E-state index < -0.39 is 27.8 Å². The van der Waals surface area contributed by atoms with E-state index in [2.05, 4.69) is 10.6 Å². The van der Waals surface area contributed by atoms with Crippen LogP contribution in [0.2, 0.25) is 10.0 Å². The highest BCUT2D eigenvalue weighted by Crippen LogP contribution is 2.47. The van der Waals surface area contributed by atoms with Crippen LogP contribution in [0.15, 0.2) is 65.6 Å². The molecule has 3 atom stereocenters. The molecule has 2 fully saturated rings. The van der Waals surface area contributed by atoms with Crippen molar-refractivity contribution in [2.45, 2.75) is 29.6 Å². The third-order valence-corrected chi connectivity index (χ3v) is 11.4. The fourth-order valence-electron chi connectivity index (χ4n) is 6.31. The lowest BCUT2D eigenvalue weighted by Crippen LogP contribution is -2.62. The van der Waals surface area contributed by atoms with Crippen LogP contribution >= 0.6 is 35.6 Å². The van der Waals surface area contributed by atoms with E-state index in [4.69, 9.17) is 32.7 Å². The highest BCUT2D eigenvalue weighted by molar-refractivity contribution is 7.89. The number of sulfonamides is 1. The maximum absolute atomic E-state index is 15.2. The molecule has 16 heteroatoms. The van der Waals surface area contributed by atoms with Gasteiger partial charge in [0.15, 0.2) is 5.66 Å². The highest BCUT2D eigenvalue weighted by atomic mass is 35.5. The minimum atomic E-state index is -4.05. The summed E-state index contributed by atoms with van der Waals surface area (Å²) in [5, 5.41) is 8.39. The average molecular weight is 784 g/mol. The minimum Gasteiger partial charge on any atom is -0.495 e. The molecule has 12 nitrogen and oxygen atoms in total. The molecule has 2 aliphatic heterocycles. The number of piperazine rings is 1. The smallest absolute Gasteiger partial charge is 0.262 e. The summed E-state index contributed by atoms with van der Waals surface area (Å²) >= 11 is 12.6. The quantitative estimate of drug-likeness (QED) is 0.296. The molecule has 3 aromatic rings. The Balaban J connectivity index is 0.00000583. The second-order valence-electron chi connectivity index (χ2n) is 12.7. The highest BCUT2D eigenvalue weighted by Gasteiger charge is 2.55. The Morgan fingerprint density at radius 3 is 1.80 bits per heavy atom. The van der Waals surface area contributed by atoms with E-state index in [0.29, 0.717) is 36.2 Å². The molecular weight excluding hydrogens is 739 g/mol. The Bertz CT molecular complexity index is 1750. The van der Waals surface area contributed by atoms with Crippen LogP contribution < -0.4 is 20.1 Å². The Labute approximate surface area is 316 Å². The zero-order valence-electron chi connectivity index (χ0n) is 29.5. The molecule has 2 heterocycles. The van der Waals surface area contributed by atoms with Crippen molar-refractivity contribution in [3.05, 3.63) is 87.4 Å². The fourth-order valence-corrected chi connectivity index (χ4v) is 7.62. The standard InChI is InChI=1S/C35H44Cl2N6O6S.ClH/c1-7-49-28-21-29(48-6)30(50(46,47)41(4)5)20-27(28)35(34(45)43-18-16-42(17-19-43)22-31(44)40(2)3)38-32(23-8-12-25(36)13-9-23)33(39-35)24-10-14-26(37)15-11-24;/h8-15,20-21,32-33,38-39H,7,16-19,22H2,1-6H3;1H/t32-,33+,35?;. The molecule has 2 aliphatic rings. The number of nitrogens with zero attached hydrogens (tertiary/aromatic N) is 4. The number of likely N-dealkylation sites (N-methyl/N-ethyl adjacent to an activating group) is 1. The van der Waals surface area contributed by atoms with Gasteiger partial charge in [-0.15, -0.1) is 12.4 Å². The van der Waals surface area contributed by atoms with Crippen LogP contribution in [-0.2, 0) is 25.3 Å². The molecule has 2 saturated heterocycles. The Morgan fingerprint density at radius 1 is 0.863 bits per heavy atom. The largest absolute Gasteiger partial charge is 0.495 e. The normalized spacial score (nSPS) is 20.9. The van der Waals surface area contributed by atoms with Crippen LogP contribution in [0.3, 0.4) is 0 Å². The summed E-state index contributed by atoms with van der Waals surface area (Å²) in [5.41, 5.74) is 0.280. The van der Waals surface area contributed by atoms with Gasteiger partial charge in [-0.25, -0.2) is 12.7 Å². The number of hydrogen-bond acceptors (Lipinski definition) is 9. The van der Waals surface area contributed by atoms with E-state index in [1.165, 1.54) is 33.3 Å². The molecule has 0 aromatic heterocycles. The van der Waals surface area contributed by atoms with Gasteiger partial charge in [0.1, 0.15) is 16.4 Å². The van der Waals surface area contributed by atoms with Crippen LogP contribution in [0.4, 0.5) is 0 Å². The second kappa shape index (κ2) is 16.7. The predicted molar refractivity (Wildman–Crippen MR) is 200 cm³/mol. The zero-order chi connectivity index (χ0) is 36.4.